The zero-order valence-corrected chi connectivity index (χ0v) is 16.2. The molecule has 0 aliphatic rings. The summed E-state index contributed by atoms with van der Waals surface area (Å²) in [7, 11) is 0. The summed E-state index contributed by atoms with van der Waals surface area (Å²) in [6.45, 7) is 0. The summed E-state index contributed by atoms with van der Waals surface area (Å²) in [6.07, 6.45) is 1.86. The largest absolute Gasteiger partial charge is 0.256 e. The van der Waals surface area contributed by atoms with Crippen LogP contribution in [0.2, 0.25) is 0 Å². The highest BCUT2D eigenvalue weighted by Crippen LogP contribution is 2.43. The molecule has 0 atom stereocenters. The van der Waals surface area contributed by atoms with Crippen LogP contribution in [0.1, 0.15) is 5.56 Å². The van der Waals surface area contributed by atoms with Gasteiger partial charge in [0.1, 0.15) is 0 Å². The van der Waals surface area contributed by atoms with Crippen molar-refractivity contribution in [3.63, 3.8) is 0 Å². The van der Waals surface area contributed by atoms with Crippen molar-refractivity contribution < 1.29 is 0 Å². The molecule has 0 unspecified atom stereocenters. The number of hydrogen-bond acceptors (Lipinski definition) is 3. The van der Waals surface area contributed by atoms with Crippen molar-refractivity contribution in [1.29, 1.82) is 5.26 Å². The maximum Gasteiger partial charge on any atom is 0.0991 e. The molecule has 0 saturated heterocycles. The lowest BCUT2D eigenvalue weighted by molar-refractivity contribution is 1.43. The van der Waals surface area contributed by atoms with Crippen LogP contribution < -0.4 is 0 Å². The molecule has 6 rings (SSSR count). The van der Waals surface area contributed by atoms with Crippen molar-refractivity contribution in [2.24, 2.45) is 0 Å². The Morgan fingerprint density at radius 1 is 0.724 bits per heavy atom. The van der Waals surface area contributed by atoms with E-state index in [-0.39, 0.29) is 0 Å². The quantitative estimate of drug-likeness (QED) is 0.278. The summed E-state index contributed by atoms with van der Waals surface area (Å²) in [5.74, 6) is 0. The molecule has 0 spiro atoms. The van der Waals surface area contributed by atoms with Gasteiger partial charge in [0.05, 0.1) is 17.1 Å². The lowest BCUT2D eigenvalue weighted by atomic mass is 9.93. The molecule has 4 aromatic carbocycles. The second-order valence-corrected chi connectivity index (χ2v) is 8.23. The molecule has 29 heavy (non-hydrogen) atoms. The highest BCUT2D eigenvalue weighted by atomic mass is 32.1. The third-order valence-electron chi connectivity index (χ3n) is 5.53. The van der Waals surface area contributed by atoms with Crippen molar-refractivity contribution in [2.75, 3.05) is 0 Å². The van der Waals surface area contributed by atoms with Crippen LogP contribution in [0.5, 0.6) is 0 Å². The van der Waals surface area contributed by atoms with Crippen LogP contribution >= 0.6 is 11.3 Å². The fourth-order valence-corrected chi connectivity index (χ4v) is 5.37. The zero-order chi connectivity index (χ0) is 19.4. The molecule has 2 aromatic heterocycles. The van der Waals surface area contributed by atoms with E-state index < -0.39 is 0 Å². The Morgan fingerprint density at radius 3 is 2.41 bits per heavy atom. The molecule has 0 amide bonds. The minimum Gasteiger partial charge on any atom is -0.256 e. The maximum atomic E-state index is 9.40. The zero-order valence-electron chi connectivity index (χ0n) is 15.4. The van der Waals surface area contributed by atoms with Gasteiger partial charge < -0.3 is 0 Å². The third-order valence-corrected chi connectivity index (χ3v) is 6.67. The number of nitrogens with zero attached hydrogens (tertiary/aromatic N) is 2. The number of nitriles is 1. The van der Waals surface area contributed by atoms with Crippen LogP contribution in [0.25, 0.3) is 53.0 Å². The van der Waals surface area contributed by atoms with Crippen molar-refractivity contribution >= 4 is 53.2 Å². The van der Waals surface area contributed by atoms with E-state index in [0.717, 1.165) is 16.3 Å². The fraction of sp³-hybridized carbons (Fsp3) is 0. The Bertz CT molecular complexity index is 1620. The monoisotopic (exact) mass is 386 g/mol. The molecule has 0 aliphatic carbocycles. The average molecular weight is 386 g/mol. The molecule has 0 bridgehead atoms. The van der Waals surface area contributed by atoms with Crippen LogP contribution in [0, 0.1) is 11.3 Å². The van der Waals surface area contributed by atoms with Crippen LogP contribution in [0.3, 0.4) is 0 Å². The number of pyridine rings is 1. The molecular formula is C26H14N2S. The average Bonchev–Trinajstić information content (AvgIpc) is 3.16. The first-order valence-corrected chi connectivity index (χ1v) is 10.3. The molecule has 3 heteroatoms. The van der Waals surface area contributed by atoms with Crippen molar-refractivity contribution in [2.45, 2.75) is 0 Å². The summed E-state index contributed by atoms with van der Waals surface area (Å²) < 4.78 is 2.44. The number of thiophene rings is 1. The van der Waals surface area contributed by atoms with Crippen LogP contribution in [0.4, 0.5) is 0 Å². The van der Waals surface area contributed by atoms with Gasteiger partial charge in [-0.05, 0) is 46.8 Å². The van der Waals surface area contributed by atoms with Gasteiger partial charge in [-0.3, -0.25) is 4.98 Å². The van der Waals surface area contributed by atoms with Crippen LogP contribution in [-0.2, 0) is 0 Å². The van der Waals surface area contributed by atoms with Gasteiger partial charge in [0.2, 0.25) is 0 Å². The Labute approximate surface area is 171 Å². The van der Waals surface area contributed by atoms with Gasteiger partial charge in [-0.25, -0.2) is 0 Å². The number of fused-ring (bicyclic) bond motifs is 6. The summed E-state index contributed by atoms with van der Waals surface area (Å²) in [4.78, 5) is 4.71. The molecule has 0 radical (unpaired) electrons. The minimum atomic E-state index is 0.692. The summed E-state index contributed by atoms with van der Waals surface area (Å²) in [5.41, 5.74) is 4.08. The van der Waals surface area contributed by atoms with E-state index in [2.05, 4.69) is 66.7 Å². The lowest BCUT2D eigenvalue weighted by Crippen LogP contribution is -1.87. The Morgan fingerprint density at radius 2 is 1.52 bits per heavy atom. The second-order valence-electron chi connectivity index (χ2n) is 7.15. The van der Waals surface area contributed by atoms with Gasteiger partial charge in [0, 0.05) is 37.1 Å². The van der Waals surface area contributed by atoms with E-state index in [1.165, 1.54) is 36.7 Å². The smallest absolute Gasteiger partial charge is 0.0991 e. The number of benzene rings is 4. The van der Waals surface area contributed by atoms with Gasteiger partial charge >= 0.3 is 0 Å². The normalized spacial score (nSPS) is 11.4. The molecular weight excluding hydrogens is 372 g/mol. The van der Waals surface area contributed by atoms with Crippen LogP contribution in [0.15, 0.2) is 85.1 Å². The van der Waals surface area contributed by atoms with Gasteiger partial charge in [-0.2, -0.15) is 5.26 Å². The summed E-state index contributed by atoms with van der Waals surface area (Å²) >= 11 is 1.77. The molecule has 2 nitrogen and oxygen atoms in total. The van der Waals surface area contributed by atoms with Gasteiger partial charge in [-0.1, -0.05) is 48.5 Å². The first kappa shape index (κ1) is 16.2. The van der Waals surface area contributed by atoms with E-state index in [1.54, 1.807) is 11.3 Å². The van der Waals surface area contributed by atoms with E-state index in [4.69, 9.17) is 4.98 Å². The van der Waals surface area contributed by atoms with E-state index >= 15 is 0 Å². The minimum absolute atomic E-state index is 0.692. The van der Waals surface area contributed by atoms with E-state index in [1.807, 2.05) is 24.4 Å². The first-order valence-electron chi connectivity index (χ1n) is 9.46. The van der Waals surface area contributed by atoms with Gasteiger partial charge in [-0.15, -0.1) is 11.3 Å². The Kier molecular flexibility index (Phi) is 3.43. The molecule has 0 aliphatic heterocycles. The van der Waals surface area contributed by atoms with Crippen molar-refractivity contribution in [1.82, 2.24) is 4.98 Å². The first-order chi connectivity index (χ1) is 14.3. The third kappa shape index (κ3) is 2.37. The SMILES string of the molecule is N#Cc1ccc2sc3cccc(-c4cccc5ccc6cccnc6c45)c3c2c1. The second kappa shape index (κ2) is 6.13. The van der Waals surface area contributed by atoms with Crippen molar-refractivity contribution in [3.05, 3.63) is 90.6 Å². The topological polar surface area (TPSA) is 36.7 Å². The predicted molar refractivity (Wildman–Crippen MR) is 122 cm³/mol. The highest BCUT2D eigenvalue weighted by Gasteiger charge is 2.15. The van der Waals surface area contributed by atoms with Crippen molar-refractivity contribution in [3.8, 4) is 17.2 Å². The Hall–Kier alpha value is -3.74. The standard InChI is InChI=1S/C26H14N2S/c27-15-16-9-12-22-21(14-16)25-20(7-2-8-23(25)29-22)19-6-1-4-17-10-11-18-5-3-13-28-26(18)24(17)19/h1-14H. The number of hydrogen-bond donors (Lipinski definition) is 0. The van der Waals surface area contributed by atoms with Gasteiger partial charge in [0.15, 0.2) is 0 Å². The highest BCUT2D eigenvalue weighted by molar-refractivity contribution is 7.25. The number of aromatic nitrogens is 1. The molecule has 134 valence electrons. The predicted octanol–water partition coefficient (Wildman–Crippen LogP) is 7.29. The Balaban J connectivity index is 1.81. The molecule has 0 saturated carbocycles. The van der Waals surface area contributed by atoms with Gasteiger partial charge in [0.25, 0.3) is 0 Å². The van der Waals surface area contributed by atoms with E-state index in [9.17, 15) is 5.26 Å². The summed E-state index contributed by atoms with van der Waals surface area (Å²) in [6, 6.07) is 29.5. The molecule has 0 N–H and O–H groups in total. The molecule has 0 fully saturated rings. The van der Waals surface area contributed by atoms with Crippen LogP contribution in [-0.4, -0.2) is 4.98 Å². The number of rotatable bonds is 1. The van der Waals surface area contributed by atoms with E-state index in [0.29, 0.717) is 5.56 Å². The maximum absolute atomic E-state index is 9.40. The summed E-state index contributed by atoms with van der Waals surface area (Å²) in [5, 5.41) is 15.3. The fourth-order valence-electron chi connectivity index (χ4n) is 4.26. The molecule has 2 heterocycles. The molecule has 6 aromatic rings. The lowest BCUT2D eigenvalue weighted by Gasteiger charge is -2.11.